The number of halogens is 2. The molecule has 0 aliphatic heterocycles. The van der Waals surface area contributed by atoms with E-state index < -0.39 is 0 Å². The molecule has 0 saturated carbocycles. The van der Waals surface area contributed by atoms with Crippen LogP contribution in [0, 0.1) is 11.6 Å². The van der Waals surface area contributed by atoms with E-state index in [2.05, 4.69) is 17.2 Å². The van der Waals surface area contributed by atoms with Gasteiger partial charge in [0.2, 0.25) is 5.91 Å². The number of carbonyl (C=O) groups is 2. The molecule has 0 radical (unpaired) electrons. The van der Waals surface area contributed by atoms with Crippen molar-refractivity contribution in [2.45, 2.75) is 19.5 Å². The van der Waals surface area contributed by atoms with Gasteiger partial charge in [0.1, 0.15) is 11.6 Å². The van der Waals surface area contributed by atoms with E-state index in [1.807, 2.05) is 0 Å². The van der Waals surface area contributed by atoms with Gasteiger partial charge in [-0.05, 0) is 53.1 Å². The molecule has 33 heavy (non-hydrogen) atoms. The number of nitrogens with zero attached hydrogens (tertiary/aromatic N) is 1. The molecule has 0 atom stereocenters. The number of hydrogen-bond acceptors (Lipinski definition) is 2. The van der Waals surface area contributed by atoms with E-state index in [0.717, 1.165) is 16.7 Å². The van der Waals surface area contributed by atoms with Crippen LogP contribution in [0.15, 0.2) is 85.5 Å². The number of benzene rings is 3. The third-order valence-corrected chi connectivity index (χ3v) is 4.89. The fourth-order valence-corrected chi connectivity index (χ4v) is 3.19. The molecule has 170 valence electrons. The number of urea groups is 1. The van der Waals surface area contributed by atoms with E-state index in [0.29, 0.717) is 18.8 Å². The SMILES string of the molecule is C=CCNC(=O)N(Cc1ccc(F)cc1)c1cccc(CC(=O)NCc2ccc(F)cc2)c1. The molecular weight excluding hydrogens is 424 g/mol. The normalized spacial score (nSPS) is 10.4. The monoisotopic (exact) mass is 449 g/mol. The molecule has 2 N–H and O–H groups in total. The van der Waals surface area contributed by atoms with Crippen molar-refractivity contribution in [1.82, 2.24) is 10.6 Å². The largest absolute Gasteiger partial charge is 0.352 e. The lowest BCUT2D eigenvalue weighted by molar-refractivity contribution is -0.120. The highest BCUT2D eigenvalue weighted by atomic mass is 19.1. The Labute approximate surface area is 191 Å². The van der Waals surface area contributed by atoms with Crippen LogP contribution in [-0.2, 0) is 24.3 Å². The number of nitrogens with one attached hydrogen (secondary N) is 2. The first kappa shape index (κ1) is 23.7. The molecule has 0 unspecified atom stereocenters. The van der Waals surface area contributed by atoms with Crippen molar-refractivity contribution < 1.29 is 18.4 Å². The summed E-state index contributed by atoms with van der Waals surface area (Å²) in [5.41, 5.74) is 2.88. The summed E-state index contributed by atoms with van der Waals surface area (Å²) in [6.07, 6.45) is 1.70. The Kier molecular flexibility index (Phi) is 8.30. The summed E-state index contributed by atoms with van der Waals surface area (Å²) in [6.45, 7) is 4.42. The van der Waals surface area contributed by atoms with Crippen LogP contribution >= 0.6 is 0 Å². The third kappa shape index (κ3) is 7.28. The Morgan fingerprint density at radius 3 is 2.12 bits per heavy atom. The molecule has 3 aromatic carbocycles. The number of carbonyl (C=O) groups excluding carboxylic acids is 2. The molecule has 3 amide bonds. The fourth-order valence-electron chi connectivity index (χ4n) is 3.19. The first-order valence-electron chi connectivity index (χ1n) is 10.5. The molecule has 0 aliphatic rings. The lowest BCUT2D eigenvalue weighted by atomic mass is 10.1. The maximum atomic E-state index is 13.3. The van der Waals surface area contributed by atoms with Gasteiger partial charge in [0.25, 0.3) is 0 Å². The average Bonchev–Trinajstić information content (AvgIpc) is 2.82. The van der Waals surface area contributed by atoms with Crippen molar-refractivity contribution in [3.05, 3.63) is 114 Å². The van der Waals surface area contributed by atoms with E-state index in [9.17, 15) is 18.4 Å². The lowest BCUT2D eigenvalue weighted by Crippen LogP contribution is -2.39. The first-order valence-corrected chi connectivity index (χ1v) is 10.5. The summed E-state index contributed by atoms with van der Waals surface area (Å²) in [6, 6.07) is 18.6. The van der Waals surface area contributed by atoms with E-state index in [1.54, 1.807) is 54.6 Å². The van der Waals surface area contributed by atoms with Crippen LogP contribution in [0.5, 0.6) is 0 Å². The zero-order valence-corrected chi connectivity index (χ0v) is 18.1. The van der Waals surface area contributed by atoms with E-state index in [1.165, 1.54) is 29.2 Å². The van der Waals surface area contributed by atoms with E-state index in [-0.39, 0.29) is 36.5 Å². The van der Waals surface area contributed by atoms with E-state index in [4.69, 9.17) is 0 Å². The lowest BCUT2D eigenvalue weighted by Gasteiger charge is -2.24. The molecule has 3 aromatic rings. The van der Waals surface area contributed by atoms with Gasteiger partial charge in [-0.3, -0.25) is 9.69 Å². The molecule has 3 rings (SSSR count). The van der Waals surface area contributed by atoms with E-state index >= 15 is 0 Å². The number of anilines is 1. The van der Waals surface area contributed by atoms with Gasteiger partial charge in [0.05, 0.1) is 13.0 Å². The highest BCUT2D eigenvalue weighted by molar-refractivity contribution is 5.92. The molecule has 0 aliphatic carbocycles. The topological polar surface area (TPSA) is 61.4 Å². The first-order chi connectivity index (χ1) is 15.9. The number of rotatable bonds is 9. The highest BCUT2D eigenvalue weighted by Gasteiger charge is 2.17. The van der Waals surface area contributed by atoms with Gasteiger partial charge in [-0.25, -0.2) is 13.6 Å². The van der Waals surface area contributed by atoms with Gasteiger partial charge >= 0.3 is 6.03 Å². The molecule has 0 spiro atoms. The summed E-state index contributed by atoms with van der Waals surface area (Å²) < 4.78 is 26.3. The van der Waals surface area contributed by atoms with Crippen molar-refractivity contribution in [3.8, 4) is 0 Å². The zero-order chi connectivity index (χ0) is 23.6. The van der Waals surface area contributed by atoms with Gasteiger partial charge in [0, 0.05) is 18.8 Å². The van der Waals surface area contributed by atoms with Crippen molar-refractivity contribution in [2.24, 2.45) is 0 Å². The van der Waals surface area contributed by atoms with Crippen LogP contribution in [0.2, 0.25) is 0 Å². The van der Waals surface area contributed by atoms with Gasteiger partial charge in [-0.1, -0.05) is 42.5 Å². The van der Waals surface area contributed by atoms with Crippen LogP contribution in [0.4, 0.5) is 19.3 Å². The second kappa shape index (κ2) is 11.6. The average molecular weight is 450 g/mol. The van der Waals surface area contributed by atoms with Crippen LogP contribution in [0.1, 0.15) is 16.7 Å². The third-order valence-electron chi connectivity index (χ3n) is 4.89. The molecule has 0 saturated heterocycles. The van der Waals surface area contributed by atoms with Crippen molar-refractivity contribution >= 4 is 17.6 Å². The zero-order valence-electron chi connectivity index (χ0n) is 18.1. The summed E-state index contributed by atoms with van der Waals surface area (Å²) in [7, 11) is 0. The Balaban J connectivity index is 1.71. The summed E-state index contributed by atoms with van der Waals surface area (Å²) in [5.74, 6) is -0.878. The van der Waals surface area contributed by atoms with Gasteiger partial charge in [0.15, 0.2) is 0 Å². The Morgan fingerprint density at radius 1 is 0.848 bits per heavy atom. The fraction of sp³-hybridized carbons (Fsp3) is 0.154. The molecule has 7 heteroatoms. The maximum absolute atomic E-state index is 13.3. The summed E-state index contributed by atoms with van der Waals surface area (Å²) in [4.78, 5) is 26.7. The number of hydrogen-bond donors (Lipinski definition) is 2. The Bertz CT molecular complexity index is 1100. The maximum Gasteiger partial charge on any atom is 0.322 e. The second-order valence-electron chi connectivity index (χ2n) is 7.44. The number of amides is 3. The molecule has 0 heterocycles. The summed E-state index contributed by atoms with van der Waals surface area (Å²) in [5, 5.41) is 5.56. The Morgan fingerprint density at radius 2 is 1.48 bits per heavy atom. The minimum Gasteiger partial charge on any atom is -0.352 e. The van der Waals surface area contributed by atoms with Crippen LogP contribution in [0.3, 0.4) is 0 Å². The minimum absolute atomic E-state index is 0.119. The highest BCUT2D eigenvalue weighted by Crippen LogP contribution is 2.20. The second-order valence-corrected chi connectivity index (χ2v) is 7.44. The van der Waals surface area contributed by atoms with Gasteiger partial charge in [-0.2, -0.15) is 0 Å². The van der Waals surface area contributed by atoms with Gasteiger partial charge < -0.3 is 10.6 Å². The standard InChI is InChI=1S/C26H25F2N3O2/c1-2-14-29-26(33)31(18-20-8-12-23(28)13-9-20)24-5-3-4-21(15-24)16-25(32)30-17-19-6-10-22(27)11-7-19/h2-13,15H,1,14,16-18H2,(H,29,33)(H,30,32). The van der Waals surface area contributed by atoms with Gasteiger partial charge in [-0.15, -0.1) is 6.58 Å². The molecular formula is C26H25F2N3O2. The molecule has 0 aromatic heterocycles. The van der Waals surface area contributed by atoms with Crippen molar-refractivity contribution in [2.75, 3.05) is 11.4 Å². The Hall–Kier alpha value is -4.00. The quantitative estimate of drug-likeness (QED) is 0.464. The van der Waals surface area contributed by atoms with Crippen LogP contribution in [0.25, 0.3) is 0 Å². The molecule has 5 nitrogen and oxygen atoms in total. The van der Waals surface area contributed by atoms with Crippen LogP contribution in [-0.4, -0.2) is 18.5 Å². The smallest absolute Gasteiger partial charge is 0.322 e. The van der Waals surface area contributed by atoms with Crippen LogP contribution < -0.4 is 15.5 Å². The molecule has 0 bridgehead atoms. The molecule has 0 fully saturated rings. The van der Waals surface area contributed by atoms with Crippen molar-refractivity contribution in [1.29, 1.82) is 0 Å². The summed E-state index contributed by atoms with van der Waals surface area (Å²) >= 11 is 0. The predicted molar refractivity (Wildman–Crippen MR) is 125 cm³/mol. The minimum atomic E-state index is -0.352. The van der Waals surface area contributed by atoms with Crippen molar-refractivity contribution in [3.63, 3.8) is 0 Å². The predicted octanol–water partition coefficient (Wildman–Crippen LogP) is 4.73.